The third kappa shape index (κ3) is 23.2. The van der Waals surface area contributed by atoms with Gasteiger partial charge in [0.25, 0.3) is 0 Å². The maximum absolute atomic E-state index is 15.9. The number of hydrogen-bond donors (Lipinski definition) is 4. The third-order valence-electron chi connectivity index (χ3n) is 23.1. The molecule has 1 aromatic rings. The van der Waals surface area contributed by atoms with Crippen LogP contribution in [0, 0.1) is 23.7 Å². The lowest BCUT2D eigenvalue weighted by Crippen LogP contribution is -2.64. The van der Waals surface area contributed by atoms with E-state index in [4.69, 9.17) is 11.6 Å². The molecule has 7 atom stereocenters. The molecule has 1 aromatic carbocycles. The molecule has 12 amide bonds. The van der Waals surface area contributed by atoms with Crippen molar-refractivity contribution in [3.63, 3.8) is 0 Å². The first-order chi connectivity index (χ1) is 50.2. The minimum atomic E-state index is -4.77. The van der Waals surface area contributed by atoms with E-state index in [2.05, 4.69) is 26.2 Å². The van der Waals surface area contributed by atoms with Crippen molar-refractivity contribution >= 4 is 82.5 Å². The zero-order chi connectivity index (χ0) is 77.9. The number of piperidine rings is 1. The Morgan fingerprint density at radius 2 is 1.21 bits per heavy atom. The van der Waals surface area contributed by atoms with Crippen LogP contribution >= 0.6 is 11.6 Å². The molecule has 3 saturated carbocycles. The summed E-state index contributed by atoms with van der Waals surface area (Å²) in [4.78, 5) is 194. The number of hydrogen-bond acceptors (Lipinski definition) is 14. The topological polar surface area (TPSA) is 285 Å². The van der Waals surface area contributed by atoms with Gasteiger partial charge in [0.05, 0.1) is 43.2 Å². The fourth-order valence-corrected chi connectivity index (χ4v) is 16.5. The number of rotatable bonds is 14. The Balaban J connectivity index is 1.31. The number of benzene rings is 1. The first-order valence-corrected chi connectivity index (χ1v) is 39.1. The SMILES string of the molecule is CC[C@H](C)[C@@H]1NC(=O)[C@H](CC(C)C)N(C)C(=O)C[C@@H](C(=O)N2CCCCC2)N(C)C(=O)[C@H](C2CCCCC2)N(C)C(=O)C2(CCCC2)NC(=O)CN(CCN2CCNCC2)C(=O)[C@H](CCc2ccc(C(F)(F)F)c(Cl)c2)NC(=O)CN(C)C(=O)[C@H](CC2CCCCC2)N(C)C(=O)CN(C)C(=O)CN(C)C1=O. The number of carbonyl (C=O) groups excluding carboxylic acids is 12. The average Bonchev–Trinajstić information content (AvgIpc) is 1.21. The number of piperazine rings is 1. The van der Waals surface area contributed by atoms with Gasteiger partial charge in [0.2, 0.25) is 70.9 Å². The Morgan fingerprint density at radius 1 is 0.613 bits per heavy atom. The van der Waals surface area contributed by atoms with Crippen LogP contribution in [0.2, 0.25) is 5.02 Å². The number of alkyl halides is 3. The molecule has 0 unspecified atom stereocenters. The summed E-state index contributed by atoms with van der Waals surface area (Å²) < 4.78 is 42.0. The molecule has 3 aliphatic heterocycles. The molecule has 0 radical (unpaired) electrons. The van der Waals surface area contributed by atoms with E-state index in [1.807, 2.05) is 20.8 Å². The van der Waals surface area contributed by atoms with Gasteiger partial charge in [-0.2, -0.15) is 13.2 Å². The number of aryl methyl sites for hydroxylation is 1. The van der Waals surface area contributed by atoms with Crippen LogP contribution < -0.4 is 21.3 Å². The number of halogens is 4. The molecule has 0 bridgehead atoms. The Kier molecular flexibility index (Phi) is 32.3. The normalized spacial score (nSPS) is 25.9. The standard InChI is InChI=1S/C76H120ClF3N14O12/c1-12-51(4)66-72(104)87(7)48-64(98)85(5)49-65(99)89(9)59(44-52-24-16-13-17-25-52)70(102)86(6)46-61(95)82-57(31-29-53-28-30-55(56(77)43-53)76(78,79)80)69(101)94(41-40-92-38-34-81-35-39-92)47-62(96)84-75(32-20-21-33-75)74(106)91(11)67(54-26-18-14-19-27-54)73(105)90(10)60(71(103)93-36-22-15-23-37-93)45-63(97)88(8)58(42-50(2)3)68(100)83-66/h28,30,43,50-52,54,57-60,66-67,81H,12-27,29,31-42,44-49H2,1-11H3,(H,82,95)(H,83,100)(H,84,96)/t51-,57-,58-,59-,60-,66-,67-/m0/s1. The van der Waals surface area contributed by atoms with E-state index in [0.29, 0.717) is 89.8 Å². The molecule has 1 spiro atoms. The van der Waals surface area contributed by atoms with Crippen molar-refractivity contribution in [2.24, 2.45) is 23.7 Å². The van der Waals surface area contributed by atoms with Crippen LogP contribution in [0.5, 0.6) is 0 Å². The van der Waals surface area contributed by atoms with Gasteiger partial charge in [-0.25, -0.2) is 0 Å². The first-order valence-electron chi connectivity index (χ1n) is 38.7. The average molecular weight is 1510 g/mol. The van der Waals surface area contributed by atoms with Crippen LogP contribution in [-0.4, -0.2) is 290 Å². The third-order valence-corrected chi connectivity index (χ3v) is 23.4. The van der Waals surface area contributed by atoms with Crippen molar-refractivity contribution in [2.75, 3.05) is 128 Å². The number of carbonyl (C=O) groups is 12. The summed E-state index contributed by atoms with van der Waals surface area (Å²) in [5, 5.41) is 11.5. The summed E-state index contributed by atoms with van der Waals surface area (Å²) in [6, 6.07) is -4.42. The van der Waals surface area contributed by atoms with E-state index in [-0.39, 0.29) is 63.5 Å². The lowest BCUT2D eigenvalue weighted by Gasteiger charge is -2.43. The van der Waals surface area contributed by atoms with Crippen LogP contribution in [0.4, 0.5) is 13.2 Å². The second-order valence-electron chi connectivity index (χ2n) is 31.4. The number of nitrogens with one attached hydrogen (secondary N) is 4. The van der Waals surface area contributed by atoms with E-state index in [9.17, 15) is 41.9 Å². The van der Waals surface area contributed by atoms with Gasteiger partial charge in [-0.1, -0.05) is 116 Å². The van der Waals surface area contributed by atoms with E-state index in [1.54, 1.807) is 11.8 Å². The molecule has 26 nitrogen and oxygen atoms in total. The highest BCUT2D eigenvalue weighted by atomic mass is 35.5. The van der Waals surface area contributed by atoms with Gasteiger partial charge in [-0.05, 0) is 112 Å². The Bertz CT molecular complexity index is 3230. The van der Waals surface area contributed by atoms with Crippen LogP contribution in [-0.2, 0) is 70.1 Å². The van der Waals surface area contributed by atoms with Crippen molar-refractivity contribution in [1.29, 1.82) is 0 Å². The molecule has 3 aliphatic carbocycles. The van der Waals surface area contributed by atoms with E-state index in [1.165, 1.54) is 79.9 Å². The van der Waals surface area contributed by atoms with Crippen molar-refractivity contribution in [1.82, 2.24) is 70.3 Å². The highest BCUT2D eigenvalue weighted by Crippen LogP contribution is 2.38. The van der Waals surface area contributed by atoms with Gasteiger partial charge in [-0.3, -0.25) is 62.4 Å². The highest BCUT2D eigenvalue weighted by Gasteiger charge is 2.50. The van der Waals surface area contributed by atoms with Gasteiger partial charge < -0.3 is 65.4 Å². The lowest BCUT2D eigenvalue weighted by molar-refractivity contribution is -0.157. The Morgan fingerprint density at radius 3 is 1.81 bits per heavy atom. The summed E-state index contributed by atoms with van der Waals surface area (Å²) in [7, 11) is 10.0. The molecule has 6 fully saturated rings. The Hall–Kier alpha value is -7.14. The maximum atomic E-state index is 15.9. The minimum absolute atomic E-state index is 0.00946. The number of nitrogens with zero attached hydrogens (tertiary/aromatic N) is 10. The van der Waals surface area contributed by atoms with Crippen LogP contribution in [0.1, 0.15) is 180 Å². The van der Waals surface area contributed by atoms with E-state index in [0.717, 1.165) is 84.6 Å². The fourth-order valence-electron chi connectivity index (χ4n) is 16.2. The van der Waals surface area contributed by atoms with E-state index >= 15 is 28.8 Å². The van der Waals surface area contributed by atoms with Crippen LogP contribution in [0.3, 0.4) is 0 Å². The molecule has 6 aliphatic rings. The maximum Gasteiger partial charge on any atom is 0.417 e. The molecule has 4 N–H and O–H groups in total. The van der Waals surface area contributed by atoms with Crippen molar-refractivity contribution in [3.05, 3.63) is 34.3 Å². The smallest absolute Gasteiger partial charge is 0.343 e. The van der Waals surface area contributed by atoms with Crippen molar-refractivity contribution in [3.8, 4) is 0 Å². The van der Waals surface area contributed by atoms with Gasteiger partial charge in [0, 0.05) is 102 Å². The molecule has 106 heavy (non-hydrogen) atoms. The number of amides is 12. The molecule has 30 heteroatoms. The quantitative estimate of drug-likeness (QED) is 0.187. The molecule has 594 valence electrons. The molecular formula is C76H120ClF3N14O12. The van der Waals surface area contributed by atoms with Gasteiger partial charge >= 0.3 is 6.18 Å². The van der Waals surface area contributed by atoms with E-state index < -0.39 is 174 Å². The molecule has 3 heterocycles. The van der Waals surface area contributed by atoms with Crippen LogP contribution in [0.15, 0.2) is 18.2 Å². The zero-order valence-corrected chi connectivity index (χ0v) is 65.4. The van der Waals surface area contributed by atoms with Gasteiger partial charge in [-0.15, -0.1) is 0 Å². The predicted octanol–water partition coefficient (Wildman–Crippen LogP) is 5.17. The van der Waals surface area contributed by atoms with Crippen LogP contribution in [0.25, 0.3) is 0 Å². The van der Waals surface area contributed by atoms with Crippen molar-refractivity contribution in [2.45, 2.75) is 223 Å². The Labute approximate surface area is 629 Å². The largest absolute Gasteiger partial charge is 0.417 e. The molecule has 7 rings (SSSR count). The van der Waals surface area contributed by atoms with Gasteiger partial charge in [0.15, 0.2) is 0 Å². The second-order valence-corrected chi connectivity index (χ2v) is 31.8. The predicted molar refractivity (Wildman–Crippen MR) is 395 cm³/mol. The second kappa shape index (κ2) is 39.8. The first kappa shape index (κ1) is 86.1. The zero-order valence-electron chi connectivity index (χ0n) is 64.6. The number of likely N-dealkylation sites (tertiary alicyclic amines) is 1. The molecule has 0 aromatic heterocycles. The highest BCUT2D eigenvalue weighted by molar-refractivity contribution is 6.31. The fraction of sp³-hybridized carbons (Fsp3) is 0.763. The summed E-state index contributed by atoms with van der Waals surface area (Å²) >= 11 is 6.22. The van der Waals surface area contributed by atoms with Crippen molar-refractivity contribution < 1.29 is 70.7 Å². The lowest BCUT2D eigenvalue weighted by atomic mass is 9.81. The molecule has 3 saturated heterocycles. The van der Waals surface area contributed by atoms with Gasteiger partial charge in [0.1, 0.15) is 41.8 Å². The minimum Gasteiger partial charge on any atom is -0.343 e. The molecular weight excluding hydrogens is 1390 g/mol. The summed E-state index contributed by atoms with van der Waals surface area (Å²) in [6.45, 7) is 8.44. The summed E-state index contributed by atoms with van der Waals surface area (Å²) in [5.41, 5.74) is -2.38. The number of likely N-dealkylation sites (N-methyl/N-ethyl adjacent to an activating group) is 7. The summed E-state index contributed by atoms with van der Waals surface area (Å²) in [5.74, 6) is -8.88. The monoisotopic (exact) mass is 1510 g/mol. The summed E-state index contributed by atoms with van der Waals surface area (Å²) in [6.07, 6.45) is 6.41.